The predicted molar refractivity (Wildman–Crippen MR) is 82.7 cm³/mol. The first-order chi connectivity index (χ1) is 10.8. The van der Waals surface area contributed by atoms with Crippen molar-refractivity contribution in [1.82, 2.24) is 15.3 Å². The molecule has 3 rings (SSSR count). The number of benzene rings is 1. The largest absolute Gasteiger partial charge is 0.492 e. The number of amides is 1. The van der Waals surface area contributed by atoms with Gasteiger partial charge in [-0.25, -0.2) is 4.98 Å². The van der Waals surface area contributed by atoms with Gasteiger partial charge in [0.1, 0.15) is 18.2 Å². The summed E-state index contributed by atoms with van der Waals surface area (Å²) in [5.74, 6) is 1.48. The summed E-state index contributed by atoms with van der Waals surface area (Å²) in [6.45, 7) is 1.57. The molecule has 114 valence electrons. The Bertz CT molecular complexity index is 633. The average molecular weight is 298 g/mol. The van der Waals surface area contributed by atoms with E-state index in [-0.39, 0.29) is 11.8 Å². The SMILES string of the molecule is O=C(NCCNc1cnccn1)[C@H]1COc2ccccc2C1. The molecule has 1 aliphatic heterocycles. The zero-order valence-corrected chi connectivity index (χ0v) is 12.2. The number of ether oxygens (including phenoxy) is 1. The molecule has 1 amide bonds. The van der Waals surface area contributed by atoms with Crippen molar-refractivity contribution in [1.29, 1.82) is 0 Å². The fourth-order valence-electron chi connectivity index (χ4n) is 2.41. The van der Waals surface area contributed by atoms with Crippen molar-refractivity contribution >= 4 is 11.7 Å². The summed E-state index contributed by atoms with van der Waals surface area (Å²) in [4.78, 5) is 20.2. The Morgan fingerprint density at radius 3 is 3.05 bits per heavy atom. The van der Waals surface area contributed by atoms with Gasteiger partial charge in [-0.2, -0.15) is 0 Å². The van der Waals surface area contributed by atoms with Gasteiger partial charge in [-0.15, -0.1) is 0 Å². The lowest BCUT2D eigenvalue weighted by Gasteiger charge is -2.24. The van der Waals surface area contributed by atoms with Gasteiger partial charge in [0.15, 0.2) is 0 Å². The maximum atomic E-state index is 12.2. The quantitative estimate of drug-likeness (QED) is 0.813. The summed E-state index contributed by atoms with van der Waals surface area (Å²) in [6.07, 6.45) is 5.61. The fourth-order valence-corrected chi connectivity index (χ4v) is 2.41. The fraction of sp³-hybridized carbons (Fsp3) is 0.312. The Kier molecular flexibility index (Phi) is 4.48. The van der Waals surface area contributed by atoms with Crippen LogP contribution in [0.3, 0.4) is 0 Å². The van der Waals surface area contributed by atoms with Gasteiger partial charge in [0.25, 0.3) is 0 Å². The minimum absolute atomic E-state index is 0.0236. The monoisotopic (exact) mass is 298 g/mol. The summed E-state index contributed by atoms with van der Waals surface area (Å²) in [6, 6.07) is 7.85. The van der Waals surface area contributed by atoms with Gasteiger partial charge in [-0.3, -0.25) is 9.78 Å². The van der Waals surface area contributed by atoms with E-state index in [9.17, 15) is 4.79 Å². The van der Waals surface area contributed by atoms with Gasteiger partial charge in [0.05, 0.1) is 12.1 Å². The molecule has 6 heteroatoms. The Hall–Kier alpha value is -2.63. The number of carbonyl (C=O) groups excluding carboxylic acids is 1. The Morgan fingerprint density at radius 1 is 1.27 bits per heavy atom. The molecule has 1 atom stereocenters. The molecule has 0 aliphatic carbocycles. The van der Waals surface area contributed by atoms with Crippen LogP contribution >= 0.6 is 0 Å². The number of carbonyl (C=O) groups is 1. The van der Waals surface area contributed by atoms with Crippen molar-refractivity contribution in [2.45, 2.75) is 6.42 Å². The summed E-state index contributed by atoms with van der Waals surface area (Å²) in [7, 11) is 0. The van der Waals surface area contributed by atoms with Gasteiger partial charge in [-0.05, 0) is 18.1 Å². The molecule has 0 spiro atoms. The third kappa shape index (κ3) is 3.52. The second-order valence-electron chi connectivity index (χ2n) is 5.13. The number of nitrogens with one attached hydrogen (secondary N) is 2. The molecule has 0 unspecified atom stereocenters. The van der Waals surface area contributed by atoms with Crippen molar-refractivity contribution in [3.63, 3.8) is 0 Å². The Balaban J connectivity index is 1.43. The van der Waals surface area contributed by atoms with E-state index in [1.165, 1.54) is 0 Å². The van der Waals surface area contributed by atoms with Gasteiger partial charge in [0, 0.05) is 25.5 Å². The molecule has 6 nitrogen and oxygen atoms in total. The van der Waals surface area contributed by atoms with Gasteiger partial charge in [0.2, 0.25) is 5.91 Å². The zero-order chi connectivity index (χ0) is 15.2. The van der Waals surface area contributed by atoms with Crippen LogP contribution in [-0.2, 0) is 11.2 Å². The summed E-state index contributed by atoms with van der Waals surface area (Å²) < 4.78 is 5.64. The molecule has 1 aromatic heterocycles. The highest BCUT2D eigenvalue weighted by molar-refractivity contribution is 5.79. The topological polar surface area (TPSA) is 76.1 Å². The first kappa shape index (κ1) is 14.3. The van der Waals surface area contributed by atoms with Crippen LogP contribution < -0.4 is 15.4 Å². The van der Waals surface area contributed by atoms with E-state index >= 15 is 0 Å². The molecule has 2 aromatic rings. The number of para-hydroxylation sites is 1. The maximum Gasteiger partial charge on any atom is 0.226 e. The molecule has 2 N–H and O–H groups in total. The third-order valence-corrected chi connectivity index (χ3v) is 3.54. The molecule has 2 heterocycles. The van der Waals surface area contributed by atoms with Crippen molar-refractivity contribution in [3.8, 4) is 5.75 Å². The number of fused-ring (bicyclic) bond motifs is 1. The minimum atomic E-state index is -0.133. The van der Waals surface area contributed by atoms with Crippen LogP contribution in [0, 0.1) is 5.92 Å². The van der Waals surface area contributed by atoms with Crippen LogP contribution in [0.4, 0.5) is 5.82 Å². The number of hydrogen-bond acceptors (Lipinski definition) is 5. The van der Waals surface area contributed by atoms with Crippen LogP contribution in [0.5, 0.6) is 5.75 Å². The van der Waals surface area contributed by atoms with Crippen molar-refractivity contribution in [2.75, 3.05) is 25.0 Å². The number of nitrogens with zero attached hydrogens (tertiary/aromatic N) is 2. The van der Waals surface area contributed by atoms with Crippen LogP contribution in [0.1, 0.15) is 5.56 Å². The highest BCUT2D eigenvalue weighted by Gasteiger charge is 2.25. The summed E-state index contributed by atoms with van der Waals surface area (Å²) in [5.41, 5.74) is 1.09. The van der Waals surface area contributed by atoms with Crippen molar-refractivity contribution in [3.05, 3.63) is 48.4 Å². The highest BCUT2D eigenvalue weighted by Crippen LogP contribution is 2.26. The molecule has 0 bridgehead atoms. The van der Waals surface area contributed by atoms with E-state index in [0.29, 0.717) is 25.5 Å². The second-order valence-corrected chi connectivity index (χ2v) is 5.13. The summed E-state index contributed by atoms with van der Waals surface area (Å²) in [5, 5.41) is 6.02. The molecular weight excluding hydrogens is 280 g/mol. The second kappa shape index (κ2) is 6.89. The van der Waals surface area contributed by atoms with E-state index in [0.717, 1.165) is 17.7 Å². The normalized spacial score (nSPS) is 16.3. The Morgan fingerprint density at radius 2 is 2.18 bits per heavy atom. The lowest BCUT2D eigenvalue weighted by atomic mass is 9.96. The molecule has 22 heavy (non-hydrogen) atoms. The molecule has 0 radical (unpaired) electrons. The first-order valence-electron chi connectivity index (χ1n) is 7.31. The van der Waals surface area contributed by atoms with E-state index in [1.807, 2.05) is 24.3 Å². The number of anilines is 1. The lowest BCUT2D eigenvalue weighted by molar-refractivity contribution is -0.126. The number of aromatic nitrogens is 2. The van der Waals surface area contributed by atoms with E-state index in [2.05, 4.69) is 20.6 Å². The standard InChI is InChI=1S/C16H18N4O2/c21-16(20-8-7-19-15-10-17-5-6-18-15)13-9-12-3-1-2-4-14(12)22-11-13/h1-6,10,13H,7-9,11H2,(H,18,19)(H,20,21)/t13-/m1/s1. The van der Waals surface area contributed by atoms with Crippen LogP contribution in [0.25, 0.3) is 0 Å². The smallest absolute Gasteiger partial charge is 0.226 e. The van der Waals surface area contributed by atoms with E-state index in [1.54, 1.807) is 18.6 Å². The minimum Gasteiger partial charge on any atom is -0.492 e. The van der Waals surface area contributed by atoms with Gasteiger partial charge in [-0.1, -0.05) is 18.2 Å². The summed E-state index contributed by atoms with van der Waals surface area (Å²) >= 11 is 0. The maximum absolute atomic E-state index is 12.2. The number of rotatable bonds is 5. The Labute approximate surface area is 128 Å². The molecular formula is C16H18N4O2. The molecule has 0 saturated heterocycles. The average Bonchev–Trinajstić information content (AvgIpc) is 2.59. The van der Waals surface area contributed by atoms with Crippen LogP contribution in [0.15, 0.2) is 42.9 Å². The van der Waals surface area contributed by atoms with E-state index in [4.69, 9.17) is 4.74 Å². The van der Waals surface area contributed by atoms with Gasteiger partial charge < -0.3 is 15.4 Å². The van der Waals surface area contributed by atoms with Crippen LogP contribution in [0.2, 0.25) is 0 Å². The number of hydrogen-bond donors (Lipinski definition) is 2. The van der Waals surface area contributed by atoms with Gasteiger partial charge >= 0.3 is 0 Å². The molecule has 0 fully saturated rings. The third-order valence-electron chi connectivity index (χ3n) is 3.54. The molecule has 1 aliphatic rings. The lowest BCUT2D eigenvalue weighted by Crippen LogP contribution is -2.39. The predicted octanol–water partition coefficient (Wildman–Crippen LogP) is 1.26. The molecule has 1 aromatic carbocycles. The highest BCUT2D eigenvalue weighted by atomic mass is 16.5. The molecule has 0 saturated carbocycles. The van der Waals surface area contributed by atoms with Crippen molar-refractivity contribution in [2.24, 2.45) is 5.92 Å². The first-order valence-corrected chi connectivity index (χ1v) is 7.31. The van der Waals surface area contributed by atoms with Crippen LogP contribution in [-0.4, -0.2) is 35.6 Å². The van der Waals surface area contributed by atoms with E-state index < -0.39 is 0 Å². The zero-order valence-electron chi connectivity index (χ0n) is 12.2. The van der Waals surface area contributed by atoms with Crippen molar-refractivity contribution < 1.29 is 9.53 Å².